The van der Waals surface area contributed by atoms with Crippen molar-refractivity contribution in [2.45, 2.75) is 6.92 Å². The van der Waals surface area contributed by atoms with Crippen LogP contribution in [0.15, 0.2) is 36.5 Å². The molecule has 0 aliphatic rings. The Hall–Kier alpha value is -1.75. The third-order valence-corrected chi connectivity index (χ3v) is 4.14. The third-order valence-electron chi connectivity index (χ3n) is 3.33. The van der Waals surface area contributed by atoms with Crippen LogP contribution in [0.25, 0.3) is 22.3 Å². The second-order valence-electron chi connectivity index (χ2n) is 4.79. The van der Waals surface area contributed by atoms with Gasteiger partial charge in [-0.25, -0.2) is 9.37 Å². The number of aromatic nitrogens is 3. The smallest absolute Gasteiger partial charge is 0.160 e. The first-order valence-electron chi connectivity index (χ1n) is 6.58. The molecule has 0 spiro atoms. The Bertz CT molecular complexity index is 862. The number of aryl methyl sites for hydroxylation is 1. The van der Waals surface area contributed by atoms with E-state index in [1.165, 1.54) is 12.1 Å². The predicted molar refractivity (Wildman–Crippen MR) is 90.4 cm³/mol. The minimum Gasteiger partial charge on any atom is -0.244 e. The van der Waals surface area contributed by atoms with Gasteiger partial charge in [-0.15, -0.1) is 5.10 Å². The Labute approximate surface area is 147 Å². The monoisotopic (exact) mass is 367 g/mol. The second-order valence-corrected chi connectivity index (χ2v) is 5.94. The molecule has 0 fully saturated rings. The van der Waals surface area contributed by atoms with E-state index in [-0.39, 0.29) is 15.7 Å². The number of pyridine rings is 1. The molecule has 0 atom stereocenters. The van der Waals surface area contributed by atoms with Crippen molar-refractivity contribution < 1.29 is 4.39 Å². The molecule has 3 aromatic rings. The van der Waals surface area contributed by atoms with E-state index in [1.54, 1.807) is 31.3 Å². The summed E-state index contributed by atoms with van der Waals surface area (Å²) in [5.41, 5.74) is 2.44. The SMILES string of the molecule is Cc1nnc(Cl)c(-c2c(F)cccc2Cl)c1-c1ccc(Cl)nc1. The van der Waals surface area contributed by atoms with Crippen molar-refractivity contribution in [2.75, 3.05) is 0 Å². The molecule has 0 saturated heterocycles. The van der Waals surface area contributed by atoms with Crippen LogP contribution in [-0.2, 0) is 0 Å². The topological polar surface area (TPSA) is 38.7 Å². The fraction of sp³-hybridized carbons (Fsp3) is 0.0625. The van der Waals surface area contributed by atoms with E-state index >= 15 is 0 Å². The number of nitrogens with zero attached hydrogens (tertiary/aromatic N) is 3. The molecule has 7 heteroatoms. The van der Waals surface area contributed by atoms with Crippen molar-refractivity contribution in [2.24, 2.45) is 0 Å². The molecule has 0 unspecified atom stereocenters. The van der Waals surface area contributed by atoms with Crippen LogP contribution in [-0.4, -0.2) is 15.2 Å². The van der Waals surface area contributed by atoms with Crippen molar-refractivity contribution in [3.63, 3.8) is 0 Å². The largest absolute Gasteiger partial charge is 0.244 e. The molecule has 3 nitrogen and oxygen atoms in total. The highest BCUT2D eigenvalue weighted by atomic mass is 35.5. The lowest BCUT2D eigenvalue weighted by Gasteiger charge is -2.15. The Balaban J connectivity index is 2.37. The molecule has 23 heavy (non-hydrogen) atoms. The molecular formula is C16H9Cl3FN3. The molecule has 0 amide bonds. The Morgan fingerprint density at radius 2 is 1.70 bits per heavy atom. The van der Waals surface area contributed by atoms with Crippen LogP contribution in [0.3, 0.4) is 0 Å². The Morgan fingerprint density at radius 1 is 0.913 bits per heavy atom. The van der Waals surface area contributed by atoms with E-state index in [0.29, 0.717) is 27.5 Å². The fourth-order valence-electron chi connectivity index (χ4n) is 2.34. The van der Waals surface area contributed by atoms with Crippen LogP contribution in [0, 0.1) is 12.7 Å². The lowest BCUT2D eigenvalue weighted by atomic mass is 9.95. The van der Waals surface area contributed by atoms with Crippen LogP contribution < -0.4 is 0 Å². The molecule has 0 radical (unpaired) electrons. The normalized spacial score (nSPS) is 10.8. The molecule has 0 bridgehead atoms. The van der Waals surface area contributed by atoms with Gasteiger partial charge in [-0.05, 0) is 31.2 Å². The molecule has 0 N–H and O–H groups in total. The van der Waals surface area contributed by atoms with Gasteiger partial charge in [-0.1, -0.05) is 40.9 Å². The van der Waals surface area contributed by atoms with Crippen LogP contribution in [0.1, 0.15) is 5.69 Å². The van der Waals surface area contributed by atoms with Gasteiger partial charge in [0.05, 0.1) is 10.7 Å². The van der Waals surface area contributed by atoms with Gasteiger partial charge >= 0.3 is 0 Å². The summed E-state index contributed by atoms with van der Waals surface area (Å²) in [6, 6.07) is 7.83. The number of halogens is 4. The summed E-state index contributed by atoms with van der Waals surface area (Å²) in [7, 11) is 0. The van der Waals surface area contributed by atoms with Gasteiger partial charge in [0.2, 0.25) is 0 Å². The molecule has 3 rings (SSSR count). The quantitative estimate of drug-likeness (QED) is 0.552. The van der Waals surface area contributed by atoms with Crippen LogP contribution >= 0.6 is 34.8 Å². The maximum atomic E-state index is 14.4. The summed E-state index contributed by atoms with van der Waals surface area (Å²) in [5.74, 6) is -0.491. The van der Waals surface area contributed by atoms with Gasteiger partial charge in [0.15, 0.2) is 5.15 Å². The molecule has 0 aliphatic carbocycles. The molecule has 0 saturated carbocycles. The van der Waals surface area contributed by atoms with E-state index in [4.69, 9.17) is 34.8 Å². The van der Waals surface area contributed by atoms with Crippen molar-refractivity contribution in [3.05, 3.63) is 63.4 Å². The van der Waals surface area contributed by atoms with Crippen LogP contribution in [0.2, 0.25) is 15.3 Å². The average Bonchev–Trinajstić information content (AvgIpc) is 2.52. The highest BCUT2D eigenvalue weighted by Gasteiger charge is 2.21. The highest BCUT2D eigenvalue weighted by Crippen LogP contribution is 2.41. The molecule has 2 heterocycles. The van der Waals surface area contributed by atoms with E-state index in [9.17, 15) is 4.39 Å². The van der Waals surface area contributed by atoms with Gasteiger partial charge in [0.1, 0.15) is 11.0 Å². The van der Waals surface area contributed by atoms with E-state index in [2.05, 4.69) is 15.2 Å². The first-order valence-corrected chi connectivity index (χ1v) is 7.71. The van der Waals surface area contributed by atoms with Gasteiger partial charge in [0, 0.05) is 28.5 Å². The van der Waals surface area contributed by atoms with Gasteiger partial charge in [0.25, 0.3) is 0 Å². The first kappa shape index (κ1) is 16.1. The number of benzene rings is 1. The van der Waals surface area contributed by atoms with E-state index < -0.39 is 5.82 Å². The molecule has 116 valence electrons. The summed E-state index contributed by atoms with van der Waals surface area (Å²) in [6.07, 6.45) is 1.57. The molecule has 1 aromatic carbocycles. The summed E-state index contributed by atoms with van der Waals surface area (Å²) in [6.45, 7) is 1.76. The molecule has 0 aliphatic heterocycles. The predicted octanol–water partition coefficient (Wildman–Crippen LogP) is 5.61. The lowest BCUT2D eigenvalue weighted by Crippen LogP contribution is -1.99. The maximum Gasteiger partial charge on any atom is 0.160 e. The minimum absolute atomic E-state index is 0.0625. The zero-order valence-corrected chi connectivity index (χ0v) is 14.1. The van der Waals surface area contributed by atoms with Gasteiger partial charge in [-0.2, -0.15) is 5.10 Å². The van der Waals surface area contributed by atoms with Gasteiger partial charge in [-0.3, -0.25) is 0 Å². The number of hydrogen-bond donors (Lipinski definition) is 0. The summed E-state index contributed by atoms with van der Waals surface area (Å²) < 4.78 is 14.4. The second kappa shape index (κ2) is 6.40. The van der Waals surface area contributed by atoms with Crippen LogP contribution in [0.5, 0.6) is 0 Å². The average molecular weight is 369 g/mol. The van der Waals surface area contributed by atoms with Crippen molar-refractivity contribution in [3.8, 4) is 22.3 Å². The standard InChI is InChI=1S/C16H9Cl3FN3/c1-8-13(9-5-6-12(18)21-7-9)15(16(19)23-22-8)14-10(17)3-2-4-11(14)20/h2-7H,1H3. The maximum absolute atomic E-state index is 14.4. The Kier molecular flexibility index (Phi) is 4.48. The lowest BCUT2D eigenvalue weighted by molar-refractivity contribution is 0.631. The fourth-order valence-corrected chi connectivity index (χ4v) is 2.94. The summed E-state index contributed by atoms with van der Waals surface area (Å²) in [5, 5.41) is 8.55. The highest BCUT2D eigenvalue weighted by molar-refractivity contribution is 6.36. The zero-order valence-electron chi connectivity index (χ0n) is 11.8. The first-order chi connectivity index (χ1) is 11.0. The van der Waals surface area contributed by atoms with Gasteiger partial charge < -0.3 is 0 Å². The van der Waals surface area contributed by atoms with E-state index in [0.717, 1.165) is 0 Å². The summed E-state index contributed by atoms with van der Waals surface area (Å²) >= 11 is 18.2. The van der Waals surface area contributed by atoms with Crippen molar-refractivity contribution >= 4 is 34.8 Å². The molecular weight excluding hydrogens is 360 g/mol. The Morgan fingerprint density at radius 3 is 2.35 bits per heavy atom. The molecule has 2 aromatic heterocycles. The zero-order chi connectivity index (χ0) is 16.6. The van der Waals surface area contributed by atoms with Crippen LogP contribution in [0.4, 0.5) is 4.39 Å². The number of hydrogen-bond acceptors (Lipinski definition) is 3. The van der Waals surface area contributed by atoms with Crippen molar-refractivity contribution in [1.29, 1.82) is 0 Å². The van der Waals surface area contributed by atoms with Crippen molar-refractivity contribution in [1.82, 2.24) is 15.2 Å². The minimum atomic E-state index is -0.491. The number of rotatable bonds is 2. The van der Waals surface area contributed by atoms with E-state index in [1.807, 2.05) is 0 Å². The third kappa shape index (κ3) is 3.02. The summed E-state index contributed by atoms with van der Waals surface area (Å²) in [4.78, 5) is 4.05.